The predicted octanol–water partition coefficient (Wildman–Crippen LogP) is 2.80. The van der Waals surface area contributed by atoms with Crippen LogP contribution in [-0.2, 0) is 0 Å². The fourth-order valence-electron chi connectivity index (χ4n) is 1.47. The van der Waals surface area contributed by atoms with Gasteiger partial charge in [0.05, 0.1) is 0 Å². The van der Waals surface area contributed by atoms with E-state index in [1.54, 1.807) is 0 Å². The lowest BCUT2D eigenvalue weighted by atomic mass is 10.0. The minimum atomic E-state index is -2.70. The number of nitrogens with two attached hydrogens (primary N) is 1. The Hall–Kier alpha value is -2.11. The van der Waals surface area contributed by atoms with E-state index in [0.29, 0.717) is 0 Å². The molecule has 88 valence electrons. The van der Waals surface area contributed by atoms with Crippen molar-refractivity contribution in [2.75, 3.05) is 5.73 Å². The fraction of sp³-hybridized carbons (Fsp3) is 0.0909. The zero-order chi connectivity index (χ0) is 12.4. The largest absolute Gasteiger partial charge is 0.384 e. The van der Waals surface area contributed by atoms with Crippen LogP contribution in [0.5, 0.6) is 0 Å². The van der Waals surface area contributed by atoms with Gasteiger partial charge in [-0.25, -0.2) is 13.8 Å². The molecule has 3 nitrogen and oxygen atoms in total. The third-order valence-electron chi connectivity index (χ3n) is 2.25. The van der Waals surface area contributed by atoms with Crippen LogP contribution in [-0.4, -0.2) is 9.97 Å². The Bertz CT molecular complexity index is 543. The summed E-state index contributed by atoms with van der Waals surface area (Å²) in [6, 6.07) is 3.80. The highest BCUT2D eigenvalue weighted by molar-refractivity contribution is 5.67. The number of pyridine rings is 2. The van der Waals surface area contributed by atoms with E-state index < -0.39 is 12.4 Å². The summed E-state index contributed by atoms with van der Waals surface area (Å²) in [4.78, 5) is 7.10. The normalized spacial score (nSPS) is 10.8. The molecule has 0 radical (unpaired) electrons. The van der Waals surface area contributed by atoms with Crippen LogP contribution in [0.3, 0.4) is 0 Å². The molecule has 0 aromatic carbocycles. The van der Waals surface area contributed by atoms with E-state index in [1.807, 2.05) is 0 Å². The lowest BCUT2D eigenvalue weighted by Gasteiger charge is -2.08. The SMILES string of the molecule is Nc1ccc(-c2cnccc2C(F)F)c(F)n1. The summed E-state index contributed by atoms with van der Waals surface area (Å²) in [5.41, 5.74) is 4.98. The van der Waals surface area contributed by atoms with Crippen LogP contribution in [0.1, 0.15) is 12.0 Å². The number of nitrogen functional groups attached to an aromatic ring is 1. The van der Waals surface area contributed by atoms with Crippen molar-refractivity contribution in [2.24, 2.45) is 0 Å². The van der Waals surface area contributed by atoms with Crippen molar-refractivity contribution in [3.05, 3.63) is 42.1 Å². The zero-order valence-electron chi connectivity index (χ0n) is 8.57. The van der Waals surface area contributed by atoms with Crippen LogP contribution >= 0.6 is 0 Å². The molecule has 2 aromatic heterocycles. The predicted molar refractivity (Wildman–Crippen MR) is 56.8 cm³/mol. The molecule has 0 aliphatic heterocycles. The Morgan fingerprint density at radius 2 is 1.88 bits per heavy atom. The number of nitrogens with zero attached hydrogens (tertiary/aromatic N) is 2. The molecule has 0 saturated heterocycles. The third kappa shape index (κ3) is 2.20. The van der Waals surface area contributed by atoms with Gasteiger partial charge < -0.3 is 5.73 Å². The summed E-state index contributed by atoms with van der Waals surface area (Å²) in [7, 11) is 0. The highest BCUT2D eigenvalue weighted by Gasteiger charge is 2.17. The van der Waals surface area contributed by atoms with Gasteiger partial charge in [-0.15, -0.1) is 0 Å². The maximum Gasteiger partial charge on any atom is 0.264 e. The number of hydrogen-bond donors (Lipinski definition) is 1. The minimum absolute atomic E-state index is 0.00580. The van der Waals surface area contributed by atoms with Crippen molar-refractivity contribution in [1.82, 2.24) is 9.97 Å². The van der Waals surface area contributed by atoms with Gasteiger partial charge in [0.2, 0.25) is 5.95 Å². The first kappa shape index (κ1) is 11.4. The van der Waals surface area contributed by atoms with Gasteiger partial charge >= 0.3 is 0 Å². The summed E-state index contributed by atoms with van der Waals surface area (Å²) in [5, 5.41) is 0. The fourth-order valence-corrected chi connectivity index (χ4v) is 1.47. The topological polar surface area (TPSA) is 51.8 Å². The summed E-state index contributed by atoms with van der Waals surface area (Å²) >= 11 is 0. The smallest absolute Gasteiger partial charge is 0.264 e. The molecule has 0 aliphatic rings. The van der Waals surface area contributed by atoms with Crippen LogP contribution in [0.25, 0.3) is 11.1 Å². The molecule has 0 bridgehead atoms. The second kappa shape index (κ2) is 4.40. The monoisotopic (exact) mass is 239 g/mol. The van der Waals surface area contributed by atoms with Crippen molar-refractivity contribution in [1.29, 1.82) is 0 Å². The zero-order valence-corrected chi connectivity index (χ0v) is 8.57. The van der Waals surface area contributed by atoms with Crippen molar-refractivity contribution >= 4 is 5.82 Å². The molecule has 0 aliphatic carbocycles. The van der Waals surface area contributed by atoms with E-state index in [-0.39, 0.29) is 22.5 Å². The molecular weight excluding hydrogens is 231 g/mol. The van der Waals surface area contributed by atoms with Gasteiger partial charge in [0.15, 0.2) is 0 Å². The molecule has 2 heterocycles. The quantitative estimate of drug-likeness (QED) is 0.820. The molecule has 0 amide bonds. The van der Waals surface area contributed by atoms with E-state index in [2.05, 4.69) is 9.97 Å². The standard InChI is InChI=1S/C11H8F3N3/c12-10(13)6-3-4-16-5-8(6)7-1-2-9(15)17-11(7)14/h1-5,10H,(H2,15,17). The van der Waals surface area contributed by atoms with E-state index >= 15 is 0 Å². The molecule has 2 rings (SSSR count). The molecule has 2 aromatic rings. The van der Waals surface area contributed by atoms with E-state index in [1.165, 1.54) is 24.5 Å². The Balaban J connectivity index is 2.60. The highest BCUT2D eigenvalue weighted by atomic mass is 19.3. The third-order valence-corrected chi connectivity index (χ3v) is 2.25. The van der Waals surface area contributed by atoms with E-state index in [0.717, 1.165) is 6.07 Å². The minimum Gasteiger partial charge on any atom is -0.384 e. The first-order valence-corrected chi connectivity index (χ1v) is 4.74. The van der Waals surface area contributed by atoms with Gasteiger partial charge in [0, 0.05) is 29.1 Å². The number of halogens is 3. The number of alkyl halides is 2. The average molecular weight is 239 g/mol. The lowest BCUT2D eigenvalue weighted by Crippen LogP contribution is -1.98. The van der Waals surface area contributed by atoms with Gasteiger partial charge in [-0.3, -0.25) is 4.98 Å². The van der Waals surface area contributed by atoms with E-state index in [4.69, 9.17) is 5.73 Å². The first-order chi connectivity index (χ1) is 8.09. The van der Waals surface area contributed by atoms with Crippen molar-refractivity contribution in [3.63, 3.8) is 0 Å². The van der Waals surface area contributed by atoms with Crippen LogP contribution in [0.2, 0.25) is 0 Å². The Morgan fingerprint density at radius 1 is 1.12 bits per heavy atom. The molecule has 17 heavy (non-hydrogen) atoms. The Labute approximate surface area is 95.1 Å². The number of aromatic nitrogens is 2. The van der Waals surface area contributed by atoms with Gasteiger partial charge in [0.25, 0.3) is 6.43 Å². The molecule has 0 unspecified atom stereocenters. The number of anilines is 1. The van der Waals surface area contributed by atoms with Crippen molar-refractivity contribution in [2.45, 2.75) is 6.43 Å². The lowest BCUT2D eigenvalue weighted by molar-refractivity contribution is 0.152. The van der Waals surface area contributed by atoms with E-state index in [9.17, 15) is 13.2 Å². The molecule has 0 atom stereocenters. The summed E-state index contributed by atoms with van der Waals surface area (Å²) in [6.45, 7) is 0. The second-order valence-corrected chi connectivity index (χ2v) is 3.34. The van der Waals surface area contributed by atoms with Crippen LogP contribution in [0.4, 0.5) is 19.0 Å². The van der Waals surface area contributed by atoms with Crippen molar-refractivity contribution < 1.29 is 13.2 Å². The summed E-state index contributed by atoms with van der Waals surface area (Å²) in [6.07, 6.45) is -0.296. The van der Waals surface area contributed by atoms with Crippen LogP contribution < -0.4 is 5.73 Å². The average Bonchev–Trinajstić information content (AvgIpc) is 2.29. The number of rotatable bonds is 2. The van der Waals surface area contributed by atoms with Crippen LogP contribution in [0.15, 0.2) is 30.6 Å². The van der Waals surface area contributed by atoms with Crippen LogP contribution in [0, 0.1) is 5.95 Å². The molecule has 2 N–H and O–H groups in total. The molecule has 0 spiro atoms. The summed E-state index contributed by atoms with van der Waals surface area (Å²) in [5.74, 6) is -0.895. The molecule has 0 saturated carbocycles. The Morgan fingerprint density at radius 3 is 2.53 bits per heavy atom. The van der Waals surface area contributed by atoms with Gasteiger partial charge in [-0.2, -0.15) is 4.39 Å². The first-order valence-electron chi connectivity index (χ1n) is 4.74. The van der Waals surface area contributed by atoms with Crippen molar-refractivity contribution in [3.8, 4) is 11.1 Å². The molecular formula is C11H8F3N3. The molecule has 6 heteroatoms. The van der Waals surface area contributed by atoms with Gasteiger partial charge in [-0.1, -0.05) is 0 Å². The van der Waals surface area contributed by atoms with Gasteiger partial charge in [-0.05, 0) is 18.2 Å². The Kier molecular flexibility index (Phi) is 2.95. The summed E-state index contributed by atoms with van der Waals surface area (Å²) < 4.78 is 39.0. The second-order valence-electron chi connectivity index (χ2n) is 3.34. The highest BCUT2D eigenvalue weighted by Crippen LogP contribution is 2.31. The maximum atomic E-state index is 13.5. The molecule has 0 fully saturated rings. The maximum absolute atomic E-state index is 13.5. The number of hydrogen-bond acceptors (Lipinski definition) is 3. The van der Waals surface area contributed by atoms with Gasteiger partial charge in [0.1, 0.15) is 5.82 Å².